The fourth-order valence-corrected chi connectivity index (χ4v) is 1.62. The Morgan fingerprint density at radius 2 is 1.88 bits per heavy atom. The zero-order chi connectivity index (χ0) is 18.7. The predicted molar refractivity (Wildman–Crippen MR) is 85.8 cm³/mol. The van der Waals surface area contributed by atoms with Gasteiger partial charge in [-0.25, -0.2) is 9.59 Å². The van der Waals surface area contributed by atoms with Gasteiger partial charge in [0.15, 0.2) is 0 Å². The Morgan fingerprint density at radius 1 is 1.12 bits per heavy atom. The van der Waals surface area contributed by atoms with Gasteiger partial charge in [0, 0.05) is 0 Å². The highest BCUT2D eigenvalue weighted by Gasteiger charge is 2.11. The lowest BCUT2D eigenvalue weighted by Gasteiger charge is -2.05. The summed E-state index contributed by atoms with van der Waals surface area (Å²) < 4.78 is 9.70. The van der Waals surface area contributed by atoms with Crippen LogP contribution >= 0.6 is 0 Å². The number of hydrogen-bond acceptors (Lipinski definition) is 7. The number of rotatable bonds is 7. The van der Waals surface area contributed by atoms with Crippen molar-refractivity contribution in [3.05, 3.63) is 53.1 Å². The normalized spacial score (nSPS) is 9.88. The molecule has 0 aliphatic rings. The molecular formula is C18H13N3O4. The number of hydrogen-bond donors (Lipinski definition) is 0. The summed E-state index contributed by atoms with van der Waals surface area (Å²) in [5.41, 5.74) is 0.609. The highest BCUT2D eigenvalue weighted by molar-refractivity contribution is 5.97. The molecule has 0 atom stereocenters. The molecule has 0 fully saturated rings. The third kappa shape index (κ3) is 6.40. The minimum Gasteiger partial charge on any atom is -0.460 e. The van der Waals surface area contributed by atoms with E-state index in [1.165, 1.54) is 6.08 Å². The molecule has 124 valence electrons. The lowest BCUT2D eigenvalue weighted by Crippen LogP contribution is -2.07. The van der Waals surface area contributed by atoms with E-state index in [4.69, 9.17) is 25.3 Å². The maximum absolute atomic E-state index is 11.7. The summed E-state index contributed by atoms with van der Waals surface area (Å²) in [6.45, 7) is 3.07. The number of nitriles is 3. The van der Waals surface area contributed by atoms with E-state index >= 15 is 0 Å². The molecule has 0 N–H and O–H groups in total. The van der Waals surface area contributed by atoms with E-state index in [1.807, 2.05) is 6.07 Å². The predicted octanol–water partition coefficient (Wildman–Crippen LogP) is 2.17. The van der Waals surface area contributed by atoms with Gasteiger partial charge in [0.1, 0.15) is 36.5 Å². The Kier molecular flexibility index (Phi) is 7.66. The minimum absolute atomic E-state index is 0.0410. The molecule has 0 amide bonds. The number of esters is 2. The first-order valence-corrected chi connectivity index (χ1v) is 7.02. The van der Waals surface area contributed by atoms with Gasteiger partial charge in [-0.2, -0.15) is 15.8 Å². The van der Waals surface area contributed by atoms with Crippen LogP contribution in [-0.4, -0.2) is 18.5 Å². The van der Waals surface area contributed by atoms with Crippen LogP contribution in [-0.2, 0) is 25.7 Å². The zero-order valence-corrected chi connectivity index (χ0v) is 13.2. The zero-order valence-electron chi connectivity index (χ0n) is 13.2. The summed E-state index contributed by atoms with van der Waals surface area (Å²) in [6.07, 6.45) is 1.37. The van der Waals surface area contributed by atoms with Crippen molar-refractivity contribution in [1.82, 2.24) is 0 Å². The highest BCUT2D eigenvalue weighted by atomic mass is 16.5. The molecule has 25 heavy (non-hydrogen) atoms. The summed E-state index contributed by atoms with van der Waals surface area (Å²) in [5, 5.41) is 26.0. The van der Waals surface area contributed by atoms with E-state index in [0.717, 1.165) is 0 Å². The third-order valence-corrected chi connectivity index (χ3v) is 2.80. The van der Waals surface area contributed by atoms with Gasteiger partial charge < -0.3 is 9.47 Å². The lowest BCUT2D eigenvalue weighted by atomic mass is 10.1. The smallest absolute Gasteiger partial charge is 0.348 e. The molecule has 7 nitrogen and oxygen atoms in total. The summed E-state index contributed by atoms with van der Waals surface area (Å²) in [5.74, 6) is -1.64. The van der Waals surface area contributed by atoms with Crippen molar-refractivity contribution in [2.45, 2.75) is 13.0 Å². The fraction of sp³-hybridized carbons (Fsp3) is 0.167. The molecule has 1 aromatic rings. The average molecular weight is 335 g/mol. The van der Waals surface area contributed by atoms with E-state index in [9.17, 15) is 9.59 Å². The van der Waals surface area contributed by atoms with Crippen molar-refractivity contribution in [3.8, 4) is 18.2 Å². The van der Waals surface area contributed by atoms with Crippen molar-refractivity contribution in [3.63, 3.8) is 0 Å². The summed E-state index contributed by atoms with van der Waals surface area (Å²) >= 11 is 0. The monoisotopic (exact) mass is 335 g/mol. The second-order valence-corrected chi connectivity index (χ2v) is 4.63. The molecule has 0 saturated heterocycles. The van der Waals surface area contributed by atoms with Crippen LogP contribution in [0.1, 0.15) is 17.5 Å². The maximum atomic E-state index is 11.7. The lowest BCUT2D eigenvalue weighted by molar-refractivity contribution is -0.140. The molecule has 1 rings (SSSR count). The molecule has 0 aromatic heterocycles. The number of ether oxygens (including phenoxy) is 2. The molecule has 0 radical (unpaired) electrons. The largest absolute Gasteiger partial charge is 0.460 e. The van der Waals surface area contributed by atoms with Gasteiger partial charge in [-0.05, 0) is 23.3 Å². The Hall–Kier alpha value is -3.89. The standard InChI is InChI=1S/C18H13N3O4/c1-13(10-20)17(22)25-12-15-5-2-4-14(8-15)9-16(11-21)18(23)24-7-3-6-19/h2,4-5,8-9H,1,3,7,12H2/b16-9-. The molecule has 7 heteroatoms. The Bertz CT molecular complexity index is 835. The van der Waals surface area contributed by atoms with Crippen LogP contribution < -0.4 is 0 Å². The third-order valence-electron chi connectivity index (χ3n) is 2.80. The molecule has 0 bridgehead atoms. The molecule has 0 heterocycles. The number of nitrogens with zero attached hydrogens (tertiary/aromatic N) is 3. The first-order chi connectivity index (χ1) is 12.0. The molecule has 0 saturated carbocycles. The number of carbonyl (C=O) groups excluding carboxylic acids is 2. The fourth-order valence-electron chi connectivity index (χ4n) is 1.62. The van der Waals surface area contributed by atoms with Gasteiger partial charge in [-0.1, -0.05) is 24.8 Å². The van der Waals surface area contributed by atoms with Crippen LogP contribution in [0.15, 0.2) is 42.0 Å². The van der Waals surface area contributed by atoms with Gasteiger partial charge in [-0.15, -0.1) is 0 Å². The quantitative estimate of drug-likeness (QED) is 0.323. The molecule has 0 spiro atoms. The minimum atomic E-state index is -0.820. The van der Waals surface area contributed by atoms with Crippen molar-refractivity contribution in [1.29, 1.82) is 15.8 Å². The summed E-state index contributed by atoms with van der Waals surface area (Å²) in [6, 6.07) is 11.8. The first-order valence-electron chi connectivity index (χ1n) is 7.02. The van der Waals surface area contributed by atoms with Gasteiger partial charge >= 0.3 is 11.9 Å². The van der Waals surface area contributed by atoms with E-state index in [-0.39, 0.29) is 30.8 Å². The van der Waals surface area contributed by atoms with Crippen LogP contribution in [0.2, 0.25) is 0 Å². The van der Waals surface area contributed by atoms with Crippen molar-refractivity contribution in [2.75, 3.05) is 6.61 Å². The van der Waals surface area contributed by atoms with Crippen LogP contribution in [0.5, 0.6) is 0 Å². The highest BCUT2D eigenvalue weighted by Crippen LogP contribution is 2.12. The topological polar surface area (TPSA) is 124 Å². The Balaban J connectivity index is 2.82. The molecule has 1 aromatic carbocycles. The molecule has 0 unspecified atom stereocenters. The van der Waals surface area contributed by atoms with Crippen LogP contribution in [0, 0.1) is 34.0 Å². The molecule has 0 aliphatic carbocycles. The maximum Gasteiger partial charge on any atom is 0.348 e. The van der Waals surface area contributed by atoms with E-state index in [2.05, 4.69) is 6.58 Å². The van der Waals surface area contributed by atoms with Crippen molar-refractivity contribution < 1.29 is 19.1 Å². The van der Waals surface area contributed by atoms with Crippen LogP contribution in [0.4, 0.5) is 0 Å². The summed E-state index contributed by atoms with van der Waals surface area (Å²) in [7, 11) is 0. The SMILES string of the molecule is C=C(C#N)C(=O)OCc1cccc(/C=C(/C#N)C(=O)OCCC#N)c1. The Morgan fingerprint density at radius 3 is 2.52 bits per heavy atom. The Labute approximate surface area is 144 Å². The van der Waals surface area contributed by atoms with Gasteiger partial charge in [0.05, 0.1) is 12.5 Å². The van der Waals surface area contributed by atoms with Gasteiger partial charge in [0.25, 0.3) is 0 Å². The number of benzene rings is 1. The van der Waals surface area contributed by atoms with E-state index < -0.39 is 11.9 Å². The van der Waals surface area contributed by atoms with Crippen LogP contribution in [0.3, 0.4) is 0 Å². The number of carbonyl (C=O) groups is 2. The van der Waals surface area contributed by atoms with E-state index in [1.54, 1.807) is 36.4 Å². The van der Waals surface area contributed by atoms with Gasteiger partial charge in [-0.3, -0.25) is 0 Å². The second kappa shape index (κ2) is 9.99. The van der Waals surface area contributed by atoms with Crippen molar-refractivity contribution in [2.24, 2.45) is 0 Å². The second-order valence-electron chi connectivity index (χ2n) is 4.63. The summed E-state index contributed by atoms with van der Waals surface area (Å²) in [4.78, 5) is 23.1. The van der Waals surface area contributed by atoms with E-state index in [0.29, 0.717) is 11.1 Å². The average Bonchev–Trinajstić information content (AvgIpc) is 2.63. The molecular weight excluding hydrogens is 322 g/mol. The van der Waals surface area contributed by atoms with Crippen molar-refractivity contribution >= 4 is 18.0 Å². The van der Waals surface area contributed by atoms with Crippen LogP contribution in [0.25, 0.3) is 6.08 Å². The molecule has 0 aliphatic heterocycles. The first kappa shape index (κ1) is 19.2. The van der Waals surface area contributed by atoms with Gasteiger partial charge in [0.2, 0.25) is 0 Å².